The minimum Gasteiger partial charge on any atom is -0.452 e. The summed E-state index contributed by atoms with van der Waals surface area (Å²) in [5.74, 6) is 0.317. The minimum atomic E-state index is -0.326. The van der Waals surface area contributed by atoms with Crippen molar-refractivity contribution in [3.05, 3.63) is 89.2 Å². The lowest BCUT2D eigenvalue weighted by molar-refractivity contribution is -0.137. The molecule has 1 heterocycles. The zero-order valence-electron chi connectivity index (χ0n) is 17.1. The van der Waals surface area contributed by atoms with Crippen LogP contribution in [0.15, 0.2) is 72.5 Å². The molecule has 4 rings (SSSR count). The van der Waals surface area contributed by atoms with Gasteiger partial charge in [0.25, 0.3) is 0 Å². The summed E-state index contributed by atoms with van der Waals surface area (Å²) in [7, 11) is 0. The highest BCUT2D eigenvalue weighted by atomic mass is 16.5. The highest BCUT2D eigenvalue weighted by Crippen LogP contribution is 2.37. The van der Waals surface area contributed by atoms with E-state index in [-0.39, 0.29) is 23.4 Å². The Morgan fingerprint density at radius 1 is 0.967 bits per heavy atom. The lowest BCUT2D eigenvalue weighted by atomic mass is 10.0. The molecule has 0 spiro atoms. The second kappa shape index (κ2) is 7.99. The average molecular weight is 398 g/mol. The molecular weight excluding hydrogens is 376 g/mol. The summed E-state index contributed by atoms with van der Waals surface area (Å²) in [6.07, 6.45) is 1.73. The Hall–Kier alpha value is -3.66. The molecule has 0 aliphatic carbocycles. The van der Waals surface area contributed by atoms with Gasteiger partial charge in [0.15, 0.2) is 5.76 Å². The summed E-state index contributed by atoms with van der Waals surface area (Å²) in [4.78, 5) is 24.7. The molecule has 0 bridgehead atoms. The van der Waals surface area contributed by atoms with Gasteiger partial charge in [0.1, 0.15) is 11.5 Å². The molecule has 0 saturated carbocycles. The second-order valence-corrected chi connectivity index (χ2v) is 7.62. The van der Waals surface area contributed by atoms with Gasteiger partial charge in [-0.1, -0.05) is 68.4 Å². The number of rotatable bonds is 4. The van der Waals surface area contributed by atoms with Gasteiger partial charge in [-0.3, -0.25) is 9.59 Å². The number of hydrogen-bond acceptors (Lipinski definition) is 4. The van der Waals surface area contributed by atoms with Crippen molar-refractivity contribution >= 4 is 17.8 Å². The summed E-state index contributed by atoms with van der Waals surface area (Å²) in [5.41, 5.74) is 4.33. The van der Waals surface area contributed by atoms with E-state index in [0.29, 0.717) is 22.6 Å². The molecule has 3 aromatic carbocycles. The lowest BCUT2D eigenvalue weighted by Gasteiger charge is -2.09. The van der Waals surface area contributed by atoms with Crippen LogP contribution in [0.4, 0.5) is 0 Å². The fourth-order valence-corrected chi connectivity index (χ4v) is 3.32. The van der Waals surface area contributed by atoms with Crippen molar-refractivity contribution in [2.75, 3.05) is 0 Å². The predicted octanol–water partition coefficient (Wildman–Crippen LogP) is 5.84. The number of hydrogen-bond donors (Lipinski definition) is 0. The summed E-state index contributed by atoms with van der Waals surface area (Å²) in [6, 6.07) is 21.3. The third-order valence-electron chi connectivity index (χ3n) is 4.95. The van der Waals surface area contributed by atoms with Crippen molar-refractivity contribution in [3.8, 4) is 22.6 Å². The highest BCUT2D eigenvalue weighted by Gasteiger charge is 2.30. The Balaban J connectivity index is 1.58. The fraction of sp³-hybridized carbons (Fsp3) is 0.154. The van der Waals surface area contributed by atoms with Crippen LogP contribution in [0.25, 0.3) is 17.2 Å². The number of esters is 1. The van der Waals surface area contributed by atoms with Gasteiger partial charge in [0.05, 0.1) is 11.5 Å². The number of ketones is 1. The maximum atomic E-state index is 12.9. The zero-order chi connectivity index (χ0) is 21.3. The molecule has 4 heteroatoms. The van der Waals surface area contributed by atoms with Gasteiger partial charge < -0.3 is 9.47 Å². The molecule has 1 aliphatic rings. The maximum Gasteiger partial charge on any atom is 0.313 e. The first-order valence-electron chi connectivity index (χ1n) is 9.88. The van der Waals surface area contributed by atoms with Crippen LogP contribution in [0.5, 0.6) is 11.5 Å². The second-order valence-electron chi connectivity index (χ2n) is 7.62. The normalized spacial score (nSPS) is 14.0. The van der Waals surface area contributed by atoms with Gasteiger partial charge in [0, 0.05) is 6.07 Å². The quantitative estimate of drug-likeness (QED) is 0.315. The minimum absolute atomic E-state index is 0.170. The third kappa shape index (κ3) is 3.90. The summed E-state index contributed by atoms with van der Waals surface area (Å²) >= 11 is 0. The summed E-state index contributed by atoms with van der Waals surface area (Å²) in [6.45, 7) is 5.35. The maximum absolute atomic E-state index is 12.9. The van der Waals surface area contributed by atoms with Gasteiger partial charge in [-0.15, -0.1) is 0 Å². The molecule has 4 nitrogen and oxygen atoms in total. The number of ether oxygens (including phenoxy) is 2. The molecule has 1 aliphatic heterocycles. The van der Waals surface area contributed by atoms with E-state index in [2.05, 4.69) is 12.1 Å². The van der Waals surface area contributed by atoms with E-state index in [1.54, 1.807) is 32.1 Å². The Bertz CT molecular complexity index is 1140. The van der Waals surface area contributed by atoms with Crippen LogP contribution in [-0.4, -0.2) is 11.8 Å². The van der Waals surface area contributed by atoms with Crippen molar-refractivity contribution in [1.29, 1.82) is 0 Å². The van der Waals surface area contributed by atoms with Gasteiger partial charge in [0.2, 0.25) is 5.78 Å². The largest absolute Gasteiger partial charge is 0.452 e. The Morgan fingerprint density at radius 3 is 2.30 bits per heavy atom. The van der Waals surface area contributed by atoms with Crippen LogP contribution in [0.3, 0.4) is 0 Å². The average Bonchev–Trinajstić information content (AvgIpc) is 3.04. The van der Waals surface area contributed by atoms with Crippen molar-refractivity contribution in [2.45, 2.75) is 20.8 Å². The first-order valence-corrected chi connectivity index (χ1v) is 9.88. The molecule has 0 N–H and O–H groups in total. The van der Waals surface area contributed by atoms with E-state index in [9.17, 15) is 9.59 Å². The zero-order valence-corrected chi connectivity index (χ0v) is 17.1. The molecule has 0 unspecified atom stereocenters. The molecule has 30 heavy (non-hydrogen) atoms. The van der Waals surface area contributed by atoms with E-state index in [0.717, 1.165) is 16.7 Å². The van der Waals surface area contributed by atoms with Crippen LogP contribution in [0, 0.1) is 12.8 Å². The van der Waals surface area contributed by atoms with Gasteiger partial charge in [-0.05, 0) is 41.3 Å². The Morgan fingerprint density at radius 2 is 1.63 bits per heavy atom. The number of fused-ring (bicyclic) bond motifs is 1. The van der Waals surface area contributed by atoms with Crippen LogP contribution in [-0.2, 0) is 4.79 Å². The van der Waals surface area contributed by atoms with Gasteiger partial charge in [-0.25, -0.2) is 0 Å². The van der Waals surface area contributed by atoms with Crippen molar-refractivity contribution in [1.82, 2.24) is 0 Å². The number of aryl methyl sites for hydroxylation is 1. The Kier molecular flexibility index (Phi) is 5.23. The van der Waals surface area contributed by atoms with Crippen LogP contribution in [0.1, 0.15) is 35.3 Å². The first kappa shape index (κ1) is 19.6. The Labute approximate surface area is 175 Å². The molecule has 150 valence electrons. The topological polar surface area (TPSA) is 52.6 Å². The van der Waals surface area contributed by atoms with Crippen molar-refractivity contribution in [2.24, 2.45) is 5.92 Å². The smallest absolute Gasteiger partial charge is 0.313 e. The van der Waals surface area contributed by atoms with E-state index < -0.39 is 0 Å². The molecular formula is C26H22O4. The van der Waals surface area contributed by atoms with E-state index >= 15 is 0 Å². The molecule has 0 atom stereocenters. The monoisotopic (exact) mass is 398 g/mol. The molecule has 0 radical (unpaired) electrons. The molecule has 0 amide bonds. The van der Waals surface area contributed by atoms with Crippen LogP contribution < -0.4 is 9.47 Å². The SMILES string of the molecule is Cc1cc(OC(=O)C(C)C)cc2c1C(=O)/C(=C/c1ccc(-c3ccccc3)cc1)O2. The molecule has 3 aromatic rings. The van der Waals surface area contributed by atoms with Crippen LogP contribution >= 0.6 is 0 Å². The lowest BCUT2D eigenvalue weighted by Crippen LogP contribution is -2.14. The number of carbonyl (C=O) groups excluding carboxylic acids is 2. The van der Waals surface area contributed by atoms with Crippen LogP contribution in [0.2, 0.25) is 0 Å². The van der Waals surface area contributed by atoms with Gasteiger partial charge in [-0.2, -0.15) is 0 Å². The van der Waals surface area contributed by atoms with Crippen molar-refractivity contribution in [3.63, 3.8) is 0 Å². The first-order chi connectivity index (χ1) is 14.4. The molecule has 0 fully saturated rings. The number of Topliss-reactive ketones (excluding diaryl/α,β-unsaturated/α-hetero) is 1. The van der Waals surface area contributed by atoms with Gasteiger partial charge >= 0.3 is 5.97 Å². The molecule has 0 saturated heterocycles. The third-order valence-corrected chi connectivity index (χ3v) is 4.95. The fourth-order valence-electron chi connectivity index (χ4n) is 3.32. The molecule has 0 aromatic heterocycles. The summed E-state index contributed by atoms with van der Waals surface area (Å²) < 4.78 is 11.2. The predicted molar refractivity (Wildman–Crippen MR) is 116 cm³/mol. The number of benzene rings is 3. The standard InChI is InChI=1S/C26H22O4/c1-16(2)26(28)29-21-13-17(3)24-22(15-21)30-23(25(24)27)14-18-9-11-20(12-10-18)19-7-5-4-6-8-19/h4-16H,1-3H3/b23-14-. The van der Waals surface area contributed by atoms with E-state index in [4.69, 9.17) is 9.47 Å². The summed E-state index contributed by atoms with van der Waals surface area (Å²) in [5, 5.41) is 0. The highest BCUT2D eigenvalue weighted by molar-refractivity contribution is 6.15. The number of carbonyl (C=O) groups is 2. The number of allylic oxidation sites excluding steroid dienone is 1. The van der Waals surface area contributed by atoms with Crippen molar-refractivity contribution < 1.29 is 19.1 Å². The van der Waals surface area contributed by atoms with E-state index in [1.165, 1.54) is 0 Å². The van der Waals surface area contributed by atoms with E-state index in [1.807, 2.05) is 49.4 Å².